The van der Waals surface area contributed by atoms with Crippen LogP contribution in [0.15, 0.2) is 23.3 Å². The summed E-state index contributed by atoms with van der Waals surface area (Å²) in [7, 11) is 6.14. The Morgan fingerprint density at radius 2 is 2.00 bits per heavy atom. The maximum absolute atomic E-state index is 5.45. The van der Waals surface area contributed by atoms with Gasteiger partial charge in [-0.2, -0.15) is 0 Å². The molecule has 7 heteroatoms. The Morgan fingerprint density at radius 1 is 1.25 bits per heavy atom. The molecule has 0 atom stereocenters. The summed E-state index contributed by atoms with van der Waals surface area (Å²) in [5, 5.41) is 3.47. The van der Waals surface area contributed by atoms with Crippen LogP contribution in [0.25, 0.3) is 0 Å². The summed E-state index contributed by atoms with van der Waals surface area (Å²) >= 11 is 0. The Balaban J connectivity index is 1.43. The molecule has 0 amide bonds. The van der Waals surface area contributed by atoms with E-state index >= 15 is 0 Å². The standard InChI is InChI=1S/C21H36N6O/c1-22-21(26(3)9-6-18-7-14-28-15-8-18)24-17-19-4-5-20(23-16-19)27-12-10-25(2)11-13-27/h4-5,16,18H,6-15,17H2,1-3H3,(H,22,24). The van der Waals surface area contributed by atoms with Crippen LogP contribution in [-0.2, 0) is 11.3 Å². The Bertz CT molecular complexity index is 606. The molecule has 1 aromatic rings. The fourth-order valence-electron chi connectivity index (χ4n) is 3.83. The average molecular weight is 389 g/mol. The van der Waals surface area contributed by atoms with Crippen LogP contribution in [0.5, 0.6) is 0 Å². The number of hydrogen-bond acceptors (Lipinski definition) is 5. The predicted octanol–water partition coefficient (Wildman–Crippen LogP) is 1.66. The first-order chi connectivity index (χ1) is 13.7. The van der Waals surface area contributed by atoms with Gasteiger partial charge in [0.1, 0.15) is 5.82 Å². The van der Waals surface area contributed by atoms with Crippen molar-refractivity contribution >= 4 is 11.8 Å². The summed E-state index contributed by atoms with van der Waals surface area (Å²) in [5.41, 5.74) is 1.18. The molecule has 3 heterocycles. The number of rotatable bonds is 6. The second-order valence-electron chi connectivity index (χ2n) is 7.98. The minimum atomic E-state index is 0.740. The van der Waals surface area contributed by atoms with Crippen LogP contribution in [0.2, 0.25) is 0 Å². The fraction of sp³-hybridized carbons (Fsp3) is 0.714. The van der Waals surface area contributed by atoms with Gasteiger partial charge in [0.2, 0.25) is 0 Å². The van der Waals surface area contributed by atoms with Gasteiger partial charge in [-0.15, -0.1) is 0 Å². The zero-order valence-corrected chi connectivity index (χ0v) is 17.7. The van der Waals surface area contributed by atoms with Gasteiger partial charge in [0.25, 0.3) is 0 Å². The highest BCUT2D eigenvalue weighted by atomic mass is 16.5. The maximum Gasteiger partial charge on any atom is 0.193 e. The number of likely N-dealkylation sites (N-methyl/N-ethyl adjacent to an activating group) is 1. The third kappa shape index (κ3) is 6.07. The molecule has 0 unspecified atom stereocenters. The molecule has 0 aromatic carbocycles. The molecule has 1 N–H and O–H groups in total. The SMILES string of the molecule is CN=C(NCc1ccc(N2CCN(C)CC2)nc1)N(C)CCC1CCOCC1. The Hall–Kier alpha value is -1.86. The molecular weight excluding hydrogens is 352 g/mol. The van der Waals surface area contributed by atoms with Gasteiger partial charge in [0.05, 0.1) is 0 Å². The van der Waals surface area contributed by atoms with Gasteiger partial charge < -0.3 is 24.8 Å². The van der Waals surface area contributed by atoms with Crippen molar-refractivity contribution in [2.75, 3.05) is 72.0 Å². The van der Waals surface area contributed by atoms with E-state index in [0.29, 0.717) is 0 Å². The quantitative estimate of drug-likeness (QED) is 0.591. The number of guanidine groups is 1. The number of ether oxygens (including phenoxy) is 1. The normalized spacial score (nSPS) is 19.7. The van der Waals surface area contributed by atoms with E-state index in [1.54, 1.807) is 0 Å². The molecule has 3 rings (SSSR count). The van der Waals surface area contributed by atoms with E-state index in [1.807, 2.05) is 13.2 Å². The molecule has 0 radical (unpaired) electrons. The molecule has 7 nitrogen and oxygen atoms in total. The van der Waals surface area contributed by atoms with Crippen molar-refractivity contribution in [3.8, 4) is 0 Å². The van der Waals surface area contributed by atoms with Crippen molar-refractivity contribution in [2.45, 2.75) is 25.8 Å². The zero-order valence-electron chi connectivity index (χ0n) is 17.7. The van der Waals surface area contributed by atoms with Crippen molar-refractivity contribution in [3.05, 3.63) is 23.9 Å². The highest BCUT2D eigenvalue weighted by Crippen LogP contribution is 2.18. The van der Waals surface area contributed by atoms with E-state index < -0.39 is 0 Å². The molecule has 28 heavy (non-hydrogen) atoms. The molecule has 0 saturated carbocycles. The predicted molar refractivity (Wildman–Crippen MR) is 115 cm³/mol. The van der Waals surface area contributed by atoms with Gasteiger partial charge in [0, 0.05) is 72.8 Å². The van der Waals surface area contributed by atoms with Crippen LogP contribution in [0, 0.1) is 5.92 Å². The molecule has 0 aliphatic carbocycles. The van der Waals surface area contributed by atoms with Crippen LogP contribution in [0.3, 0.4) is 0 Å². The number of anilines is 1. The highest BCUT2D eigenvalue weighted by molar-refractivity contribution is 5.79. The lowest BCUT2D eigenvalue weighted by atomic mass is 9.96. The maximum atomic E-state index is 5.45. The van der Waals surface area contributed by atoms with Crippen LogP contribution < -0.4 is 10.2 Å². The fourth-order valence-corrected chi connectivity index (χ4v) is 3.83. The van der Waals surface area contributed by atoms with Gasteiger partial charge in [0.15, 0.2) is 5.96 Å². The van der Waals surface area contributed by atoms with Crippen LogP contribution in [0.4, 0.5) is 5.82 Å². The smallest absolute Gasteiger partial charge is 0.193 e. The topological polar surface area (TPSA) is 56.2 Å². The highest BCUT2D eigenvalue weighted by Gasteiger charge is 2.16. The second kappa shape index (κ2) is 10.6. The monoisotopic (exact) mass is 388 g/mol. The third-order valence-electron chi connectivity index (χ3n) is 5.87. The number of aromatic nitrogens is 1. The minimum Gasteiger partial charge on any atom is -0.381 e. The third-order valence-corrected chi connectivity index (χ3v) is 5.87. The van der Waals surface area contributed by atoms with Gasteiger partial charge in [-0.1, -0.05) is 6.07 Å². The molecule has 0 bridgehead atoms. The lowest BCUT2D eigenvalue weighted by Gasteiger charge is -2.33. The Morgan fingerprint density at radius 3 is 2.64 bits per heavy atom. The van der Waals surface area contributed by atoms with E-state index in [9.17, 15) is 0 Å². The average Bonchev–Trinajstić information content (AvgIpc) is 2.74. The van der Waals surface area contributed by atoms with Gasteiger partial charge in [-0.25, -0.2) is 4.98 Å². The summed E-state index contributed by atoms with van der Waals surface area (Å²) < 4.78 is 5.45. The van der Waals surface area contributed by atoms with Crippen LogP contribution in [-0.4, -0.2) is 87.8 Å². The first-order valence-electron chi connectivity index (χ1n) is 10.5. The summed E-state index contributed by atoms with van der Waals surface area (Å²) in [6.07, 6.45) is 5.55. The lowest BCUT2D eigenvalue weighted by Crippen LogP contribution is -2.44. The number of aliphatic imine (C=N–C) groups is 1. The molecular formula is C21H36N6O. The Kier molecular flexibility index (Phi) is 7.91. The molecule has 1 aromatic heterocycles. The van der Waals surface area contributed by atoms with Gasteiger partial charge in [-0.05, 0) is 43.9 Å². The van der Waals surface area contributed by atoms with Gasteiger partial charge in [-0.3, -0.25) is 4.99 Å². The molecule has 156 valence electrons. The minimum absolute atomic E-state index is 0.740. The van der Waals surface area contributed by atoms with E-state index in [4.69, 9.17) is 4.74 Å². The van der Waals surface area contributed by atoms with Crippen molar-refractivity contribution in [2.24, 2.45) is 10.9 Å². The second-order valence-corrected chi connectivity index (χ2v) is 7.98. The number of nitrogens with zero attached hydrogens (tertiary/aromatic N) is 5. The summed E-state index contributed by atoms with van der Waals surface area (Å²) in [4.78, 5) is 16.1. The molecule has 2 fully saturated rings. The van der Waals surface area contributed by atoms with Crippen molar-refractivity contribution in [1.82, 2.24) is 20.1 Å². The molecule has 2 saturated heterocycles. The lowest BCUT2D eigenvalue weighted by molar-refractivity contribution is 0.0625. The van der Waals surface area contributed by atoms with E-state index in [0.717, 1.165) is 70.2 Å². The first-order valence-corrected chi connectivity index (χ1v) is 10.5. The first kappa shape index (κ1) is 20.9. The number of piperazine rings is 1. The summed E-state index contributed by atoms with van der Waals surface area (Å²) in [6, 6.07) is 4.31. The number of nitrogens with one attached hydrogen (secondary N) is 1. The van der Waals surface area contributed by atoms with Gasteiger partial charge >= 0.3 is 0 Å². The summed E-state index contributed by atoms with van der Waals surface area (Å²) in [6.45, 7) is 7.88. The van der Waals surface area contributed by atoms with Crippen molar-refractivity contribution < 1.29 is 4.74 Å². The van der Waals surface area contributed by atoms with Crippen molar-refractivity contribution in [1.29, 1.82) is 0 Å². The number of pyridine rings is 1. The largest absolute Gasteiger partial charge is 0.381 e. The van der Waals surface area contributed by atoms with E-state index in [2.05, 4.69) is 56.2 Å². The van der Waals surface area contributed by atoms with Crippen molar-refractivity contribution in [3.63, 3.8) is 0 Å². The zero-order chi connectivity index (χ0) is 19.8. The Labute approximate surface area is 169 Å². The van der Waals surface area contributed by atoms with E-state index in [-0.39, 0.29) is 0 Å². The summed E-state index contributed by atoms with van der Waals surface area (Å²) in [5.74, 6) is 2.80. The molecule has 0 spiro atoms. The van der Waals surface area contributed by atoms with Crippen LogP contribution in [0.1, 0.15) is 24.8 Å². The van der Waals surface area contributed by atoms with E-state index in [1.165, 1.54) is 24.8 Å². The van der Waals surface area contributed by atoms with Crippen LogP contribution >= 0.6 is 0 Å². The number of hydrogen-bond donors (Lipinski definition) is 1. The molecule has 2 aliphatic rings. The molecule has 2 aliphatic heterocycles.